The molecule has 2 heterocycles. The number of H-pyrrole nitrogens is 1. The van der Waals surface area contributed by atoms with E-state index in [1.807, 2.05) is 12.1 Å². The Balaban J connectivity index is 2.00. The van der Waals surface area contributed by atoms with Gasteiger partial charge < -0.3 is 19.9 Å². The van der Waals surface area contributed by atoms with Crippen LogP contribution in [-0.2, 0) is 0 Å². The van der Waals surface area contributed by atoms with Crippen molar-refractivity contribution in [2.45, 2.75) is 5.92 Å². The average molecular weight is 443 g/mol. The summed E-state index contributed by atoms with van der Waals surface area (Å²) < 4.78 is 16.7. The Morgan fingerprint density at radius 1 is 1.17 bits per heavy atom. The molecule has 0 unspecified atom stereocenters. The summed E-state index contributed by atoms with van der Waals surface area (Å²) in [6.45, 7) is 0. The first-order valence-corrected chi connectivity index (χ1v) is 9.57. The number of hydrogen-bond donors (Lipinski definition) is 2. The third kappa shape index (κ3) is 3.11. The Labute approximate surface area is 182 Å². The highest BCUT2D eigenvalue weighted by Gasteiger charge is 2.37. The Morgan fingerprint density at radius 3 is 2.63 bits per heavy atom. The first-order chi connectivity index (χ1) is 14.5. The van der Waals surface area contributed by atoms with E-state index < -0.39 is 5.92 Å². The van der Waals surface area contributed by atoms with E-state index in [0.29, 0.717) is 38.4 Å². The van der Waals surface area contributed by atoms with E-state index in [4.69, 9.17) is 43.1 Å². The largest absolute Gasteiger partial charge is 0.493 e. The monoisotopic (exact) mass is 442 g/mol. The molecule has 0 amide bonds. The van der Waals surface area contributed by atoms with Gasteiger partial charge in [0.15, 0.2) is 11.5 Å². The molecular formula is C21H16Cl2N4O3. The number of nitrogens with zero attached hydrogens (tertiary/aromatic N) is 2. The zero-order valence-corrected chi connectivity index (χ0v) is 17.5. The van der Waals surface area contributed by atoms with Crippen molar-refractivity contribution in [2.75, 3.05) is 14.2 Å². The van der Waals surface area contributed by atoms with Crippen molar-refractivity contribution in [1.29, 1.82) is 5.26 Å². The van der Waals surface area contributed by atoms with Gasteiger partial charge in [-0.1, -0.05) is 41.4 Å². The number of nitrogens with two attached hydrogens (primary N) is 1. The summed E-state index contributed by atoms with van der Waals surface area (Å²) in [6, 6.07) is 12.8. The average Bonchev–Trinajstić information content (AvgIpc) is 3.17. The third-order valence-electron chi connectivity index (χ3n) is 4.89. The number of rotatable bonds is 4. The van der Waals surface area contributed by atoms with Crippen LogP contribution in [0.3, 0.4) is 0 Å². The van der Waals surface area contributed by atoms with Gasteiger partial charge in [0.1, 0.15) is 11.6 Å². The van der Waals surface area contributed by atoms with Crippen LogP contribution in [0.2, 0.25) is 10.0 Å². The molecule has 3 aromatic rings. The molecule has 1 atom stereocenters. The maximum Gasteiger partial charge on any atom is 0.244 e. The number of nitrogens with one attached hydrogen (secondary N) is 1. The molecule has 0 aliphatic carbocycles. The number of nitriles is 1. The molecule has 0 fully saturated rings. The minimum Gasteiger partial charge on any atom is -0.493 e. The minimum absolute atomic E-state index is 0.0212. The summed E-state index contributed by atoms with van der Waals surface area (Å²) >= 11 is 12.3. The van der Waals surface area contributed by atoms with Gasteiger partial charge in [0.2, 0.25) is 11.8 Å². The minimum atomic E-state index is -0.605. The van der Waals surface area contributed by atoms with Crippen LogP contribution in [0.15, 0.2) is 47.9 Å². The van der Waals surface area contributed by atoms with Gasteiger partial charge in [0.05, 0.1) is 41.4 Å². The molecule has 0 bridgehead atoms. The Bertz CT molecular complexity index is 1210. The number of aromatic nitrogens is 2. The molecular weight excluding hydrogens is 427 g/mol. The first kappa shape index (κ1) is 20.0. The second kappa shape index (κ2) is 7.82. The highest BCUT2D eigenvalue weighted by molar-refractivity contribution is 6.42. The number of methoxy groups -OCH3 is 2. The van der Waals surface area contributed by atoms with E-state index in [1.165, 1.54) is 7.11 Å². The number of fused-ring (bicyclic) bond motifs is 1. The summed E-state index contributed by atoms with van der Waals surface area (Å²) in [6.07, 6.45) is 0. The SMILES string of the molecule is COc1cccc([C@@H]2C(C#N)=C(N)Oc3n[nH]c(-c4ccc(Cl)c(Cl)c4)c32)c1OC. The summed E-state index contributed by atoms with van der Waals surface area (Å²) in [7, 11) is 3.08. The zero-order valence-electron chi connectivity index (χ0n) is 16.0. The number of para-hydroxylation sites is 1. The standard InChI is InChI=1S/C21H16Cl2N4O3/c1-28-15-5-3-4-11(19(15)29-2)16-12(9-24)20(25)30-21-17(16)18(26-27-21)10-6-7-13(22)14(23)8-10/h3-8,16H,25H2,1-2H3,(H,26,27)/t16-/m1/s1. The van der Waals surface area contributed by atoms with Gasteiger partial charge in [0, 0.05) is 11.1 Å². The van der Waals surface area contributed by atoms with Gasteiger partial charge >= 0.3 is 0 Å². The maximum absolute atomic E-state index is 9.88. The van der Waals surface area contributed by atoms with Crippen molar-refractivity contribution in [3.8, 4) is 34.7 Å². The molecule has 0 spiro atoms. The third-order valence-corrected chi connectivity index (χ3v) is 5.63. The number of aromatic amines is 1. The predicted octanol–water partition coefficient (Wildman–Crippen LogP) is 4.62. The quantitative estimate of drug-likeness (QED) is 0.610. The molecule has 7 nitrogen and oxygen atoms in total. The second-order valence-corrected chi connectivity index (χ2v) is 7.27. The topological polar surface area (TPSA) is 106 Å². The predicted molar refractivity (Wildman–Crippen MR) is 113 cm³/mol. The van der Waals surface area contributed by atoms with Crippen molar-refractivity contribution in [3.05, 3.63) is 69.0 Å². The van der Waals surface area contributed by atoms with Crippen molar-refractivity contribution in [1.82, 2.24) is 10.2 Å². The summed E-state index contributed by atoms with van der Waals surface area (Å²) in [4.78, 5) is 0. The molecule has 4 rings (SSSR count). The van der Waals surface area contributed by atoms with Gasteiger partial charge in [-0.15, -0.1) is 5.10 Å². The van der Waals surface area contributed by atoms with Gasteiger partial charge in [-0.2, -0.15) is 5.26 Å². The Kier molecular flexibility index (Phi) is 5.20. The van der Waals surface area contributed by atoms with E-state index >= 15 is 0 Å². The first-order valence-electron chi connectivity index (χ1n) is 8.82. The molecule has 0 saturated heterocycles. The van der Waals surface area contributed by atoms with E-state index in [9.17, 15) is 5.26 Å². The lowest BCUT2D eigenvalue weighted by Crippen LogP contribution is -2.21. The summed E-state index contributed by atoms with van der Waals surface area (Å²) in [5.74, 6) is 0.652. The molecule has 152 valence electrons. The van der Waals surface area contributed by atoms with E-state index in [1.54, 1.807) is 31.4 Å². The molecule has 3 N–H and O–H groups in total. The molecule has 0 radical (unpaired) electrons. The molecule has 1 aliphatic heterocycles. The van der Waals surface area contributed by atoms with Crippen molar-refractivity contribution >= 4 is 23.2 Å². The van der Waals surface area contributed by atoms with Crippen LogP contribution in [0.4, 0.5) is 0 Å². The van der Waals surface area contributed by atoms with Crippen LogP contribution in [0.5, 0.6) is 17.4 Å². The maximum atomic E-state index is 9.88. The number of allylic oxidation sites excluding steroid dienone is 1. The van der Waals surface area contributed by atoms with Crippen molar-refractivity contribution in [2.24, 2.45) is 5.73 Å². The second-order valence-electron chi connectivity index (χ2n) is 6.45. The number of ether oxygens (including phenoxy) is 3. The fraction of sp³-hybridized carbons (Fsp3) is 0.143. The molecule has 2 aromatic carbocycles. The van der Waals surface area contributed by atoms with E-state index in [0.717, 1.165) is 5.56 Å². The normalized spacial score (nSPS) is 15.2. The summed E-state index contributed by atoms with van der Waals surface area (Å²) in [5, 5.41) is 17.9. The van der Waals surface area contributed by atoms with Gasteiger partial charge in [-0.3, -0.25) is 5.10 Å². The molecule has 0 saturated carbocycles. The molecule has 9 heteroatoms. The number of benzene rings is 2. The molecule has 30 heavy (non-hydrogen) atoms. The highest BCUT2D eigenvalue weighted by atomic mass is 35.5. The zero-order chi connectivity index (χ0) is 21.4. The van der Waals surface area contributed by atoms with Crippen LogP contribution < -0.4 is 19.9 Å². The van der Waals surface area contributed by atoms with Crippen LogP contribution >= 0.6 is 23.2 Å². The van der Waals surface area contributed by atoms with Crippen molar-refractivity contribution < 1.29 is 14.2 Å². The van der Waals surface area contributed by atoms with Gasteiger partial charge in [-0.25, -0.2) is 0 Å². The van der Waals surface area contributed by atoms with E-state index in [2.05, 4.69) is 16.3 Å². The van der Waals surface area contributed by atoms with Gasteiger partial charge in [0.25, 0.3) is 0 Å². The fourth-order valence-electron chi connectivity index (χ4n) is 3.57. The Morgan fingerprint density at radius 2 is 1.97 bits per heavy atom. The number of hydrogen-bond acceptors (Lipinski definition) is 6. The lowest BCUT2D eigenvalue weighted by Gasteiger charge is -2.26. The lowest BCUT2D eigenvalue weighted by molar-refractivity contribution is 0.348. The van der Waals surface area contributed by atoms with Gasteiger partial charge in [-0.05, 0) is 18.2 Å². The van der Waals surface area contributed by atoms with Crippen molar-refractivity contribution in [3.63, 3.8) is 0 Å². The molecule has 1 aliphatic rings. The smallest absolute Gasteiger partial charge is 0.244 e. The summed E-state index contributed by atoms with van der Waals surface area (Å²) in [5.41, 5.74) is 8.96. The van der Waals surface area contributed by atoms with Crippen LogP contribution in [0.25, 0.3) is 11.3 Å². The lowest BCUT2D eigenvalue weighted by atomic mass is 9.82. The van der Waals surface area contributed by atoms with Crippen LogP contribution in [0.1, 0.15) is 17.0 Å². The fourth-order valence-corrected chi connectivity index (χ4v) is 3.87. The molecule has 1 aromatic heterocycles. The van der Waals surface area contributed by atoms with Crippen LogP contribution in [0, 0.1) is 11.3 Å². The van der Waals surface area contributed by atoms with Crippen LogP contribution in [-0.4, -0.2) is 24.4 Å². The number of halogens is 2. The Hall–Kier alpha value is -3.34. The van der Waals surface area contributed by atoms with E-state index in [-0.39, 0.29) is 17.3 Å². The highest BCUT2D eigenvalue weighted by Crippen LogP contribution is 2.49.